The van der Waals surface area contributed by atoms with Gasteiger partial charge < -0.3 is 15.4 Å². The van der Waals surface area contributed by atoms with Gasteiger partial charge in [0.15, 0.2) is 5.75 Å². The fourth-order valence-corrected chi connectivity index (χ4v) is 2.35. The maximum absolute atomic E-state index is 12.1. The van der Waals surface area contributed by atoms with Crippen LogP contribution in [0.2, 0.25) is 0 Å². The van der Waals surface area contributed by atoms with E-state index in [1.165, 1.54) is 19.2 Å². The molecule has 2 aromatic rings. The van der Waals surface area contributed by atoms with Crippen molar-refractivity contribution in [2.75, 3.05) is 13.7 Å². The molecule has 0 spiro atoms. The number of ether oxygens (including phenoxy) is 1. The van der Waals surface area contributed by atoms with E-state index in [1.807, 2.05) is 37.3 Å². The zero-order valence-electron chi connectivity index (χ0n) is 14.4. The first-order valence-electron chi connectivity index (χ1n) is 7.87. The molecule has 0 saturated heterocycles. The molecular formula is C18H19N3O5. The minimum absolute atomic E-state index is 0.0565. The number of nitro benzene ring substituents is 1. The van der Waals surface area contributed by atoms with E-state index in [4.69, 9.17) is 4.74 Å². The third-order valence-electron chi connectivity index (χ3n) is 3.72. The number of methoxy groups -OCH3 is 1. The molecule has 136 valence electrons. The highest BCUT2D eigenvalue weighted by molar-refractivity contribution is 5.97. The van der Waals surface area contributed by atoms with Gasteiger partial charge in [-0.25, -0.2) is 0 Å². The van der Waals surface area contributed by atoms with Crippen LogP contribution < -0.4 is 15.4 Å². The van der Waals surface area contributed by atoms with Crippen molar-refractivity contribution in [1.29, 1.82) is 0 Å². The third kappa shape index (κ3) is 4.79. The molecule has 8 nitrogen and oxygen atoms in total. The second kappa shape index (κ2) is 8.61. The smallest absolute Gasteiger partial charge is 0.311 e. The fraction of sp³-hybridized carbons (Fsp3) is 0.222. The summed E-state index contributed by atoms with van der Waals surface area (Å²) < 4.78 is 4.89. The minimum Gasteiger partial charge on any atom is -0.490 e. The first kappa shape index (κ1) is 18.9. The van der Waals surface area contributed by atoms with E-state index in [0.717, 1.165) is 11.6 Å². The number of benzene rings is 2. The predicted molar refractivity (Wildman–Crippen MR) is 95.0 cm³/mol. The highest BCUT2D eigenvalue weighted by Gasteiger charge is 2.18. The van der Waals surface area contributed by atoms with Gasteiger partial charge in [-0.1, -0.05) is 30.3 Å². The molecule has 1 atom stereocenters. The normalized spacial score (nSPS) is 11.3. The molecule has 0 aliphatic heterocycles. The Morgan fingerprint density at radius 2 is 1.88 bits per heavy atom. The lowest BCUT2D eigenvalue weighted by Crippen LogP contribution is -2.38. The summed E-state index contributed by atoms with van der Waals surface area (Å²) in [6.07, 6.45) is 0. The van der Waals surface area contributed by atoms with Crippen LogP contribution in [0.5, 0.6) is 5.75 Å². The quantitative estimate of drug-likeness (QED) is 0.583. The molecule has 0 aliphatic rings. The highest BCUT2D eigenvalue weighted by atomic mass is 16.6. The van der Waals surface area contributed by atoms with Gasteiger partial charge in [-0.3, -0.25) is 19.7 Å². The molecule has 0 heterocycles. The summed E-state index contributed by atoms with van der Waals surface area (Å²) >= 11 is 0. The van der Waals surface area contributed by atoms with E-state index in [1.54, 1.807) is 0 Å². The molecule has 0 radical (unpaired) electrons. The molecule has 0 aromatic heterocycles. The Labute approximate surface area is 150 Å². The molecule has 8 heteroatoms. The fourth-order valence-electron chi connectivity index (χ4n) is 2.35. The molecule has 2 N–H and O–H groups in total. The number of hydrogen-bond donors (Lipinski definition) is 2. The largest absolute Gasteiger partial charge is 0.490 e. The molecule has 0 saturated carbocycles. The first-order chi connectivity index (χ1) is 12.4. The summed E-state index contributed by atoms with van der Waals surface area (Å²) in [5, 5.41) is 16.2. The van der Waals surface area contributed by atoms with Crippen molar-refractivity contribution >= 4 is 17.5 Å². The predicted octanol–water partition coefficient (Wildman–Crippen LogP) is 2.21. The number of amides is 2. The Kier molecular flexibility index (Phi) is 6.26. The van der Waals surface area contributed by atoms with Crippen LogP contribution in [-0.2, 0) is 4.79 Å². The Balaban J connectivity index is 1.95. The van der Waals surface area contributed by atoms with E-state index in [2.05, 4.69) is 10.6 Å². The van der Waals surface area contributed by atoms with Gasteiger partial charge in [-0.2, -0.15) is 0 Å². The van der Waals surface area contributed by atoms with Gasteiger partial charge in [-0.15, -0.1) is 0 Å². The van der Waals surface area contributed by atoms with Crippen LogP contribution in [0.25, 0.3) is 0 Å². The van der Waals surface area contributed by atoms with Crippen LogP contribution in [0, 0.1) is 10.1 Å². The standard InChI is InChI=1S/C18H19N3O5/c1-12(13-6-4-3-5-7-13)20-17(22)11-19-18(23)14-8-9-16(26-2)15(10-14)21(24)25/h3-10,12H,11H2,1-2H3,(H,19,23)(H,20,22). The Bertz CT molecular complexity index is 808. The summed E-state index contributed by atoms with van der Waals surface area (Å²) in [4.78, 5) is 34.5. The van der Waals surface area contributed by atoms with Crippen molar-refractivity contribution in [3.8, 4) is 5.75 Å². The van der Waals surface area contributed by atoms with Crippen LogP contribution in [0.4, 0.5) is 5.69 Å². The van der Waals surface area contributed by atoms with Gasteiger partial charge in [-0.05, 0) is 24.6 Å². The van der Waals surface area contributed by atoms with Crippen molar-refractivity contribution < 1.29 is 19.2 Å². The van der Waals surface area contributed by atoms with Crippen LogP contribution in [0.1, 0.15) is 28.9 Å². The summed E-state index contributed by atoms with van der Waals surface area (Å²) in [7, 11) is 1.31. The summed E-state index contributed by atoms with van der Waals surface area (Å²) in [6.45, 7) is 1.59. The lowest BCUT2D eigenvalue weighted by Gasteiger charge is -2.14. The average molecular weight is 357 g/mol. The number of rotatable bonds is 7. The summed E-state index contributed by atoms with van der Waals surface area (Å²) in [6, 6.07) is 13.0. The second-order valence-electron chi connectivity index (χ2n) is 5.53. The number of carbonyl (C=O) groups excluding carboxylic acids is 2. The third-order valence-corrected chi connectivity index (χ3v) is 3.72. The van der Waals surface area contributed by atoms with Crippen molar-refractivity contribution in [3.63, 3.8) is 0 Å². The van der Waals surface area contributed by atoms with E-state index in [-0.39, 0.29) is 35.5 Å². The number of nitrogens with one attached hydrogen (secondary N) is 2. The summed E-state index contributed by atoms with van der Waals surface area (Å²) in [5.41, 5.74) is 0.696. The van der Waals surface area contributed by atoms with Crippen molar-refractivity contribution in [3.05, 3.63) is 69.8 Å². The Morgan fingerprint density at radius 3 is 2.50 bits per heavy atom. The monoisotopic (exact) mass is 357 g/mol. The molecular weight excluding hydrogens is 338 g/mol. The van der Waals surface area contributed by atoms with Crippen LogP contribution >= 0.6 is 0 Å². The molecule has 1 unspecified atom stereocenters. The lowest BCUT2D eigenvalue weighted by molar-refractivity contribution is -0.385. The molecule has 2 rings (SSSR count). The molecule has 0 aliphatic carbocycles. The van der Waals surface area contributed by atoms with Crippen LogP contribution in [0.15, 0.2) is 48.5 Å². The maximum atomic E-state index is 12.1. The van der Waals surface area contributed by atoms with Gasteiger partial charge in [0.2, 0.25) is 5.91 Å². The average Bonchev–Trinajstić information content (AvgIpc) is 2.66. The van der Waals surface area contributed by atoms with Gasteiger partial charge in [0.05, 0.1) is 24.6 Å². The molecule has 0 fully saturated rings. The van der Waals surface area contributed by atoms with Crippen molar-refractivity contribution in [2.24, 2.45) is 0 Å². The number of carbonyl (C=O) groups is 2. The minimum atomic E-state index is -0.635. The van der Waals surface area contributed by atoms with E-state index < -0.39 is 10.8 Å². The second-order valence-corrected chi connectivity index (χ2v) is 5.53. The topological polar surface area (TPSA) is 111 Å². The lowest BCUT2D eigenvalue weighted by atomic mass is 10.1. The first-order valence-corrected chi connectivity index (χ1v) is 7.87. The Hall–Kier alpha value is -3.42. The van der Waals surface area contributed by atoms with E-state index in [0.29, 0.717) is 0 Å². The highest BCUT2D eigenvalue weighted by Crippen LogP contribution is 2.27. The Morgan fingerprint density at radius 1 is 1.19 bits per heavy atom. The van der Waals surface area contributed by atoms with Gasteiger partial charge >= 0.3 is 5.69 Å². The molecule has 2 amide bonds. The van der Waals surface area contributed by atoms with Crippen molar-refractivity contribution in [2.45, 2.75) is 13.0 Å². The number of nitro groups is 1. The van der Waals surface area contributed by atoms with Gasteiger partial charge in [0.1, 0.15) is 0 Å². The SMILES string of the molecule is COc1ccc(C(=O)NCC(=O)NC(C)c2ccccc2)cc1[N+](=O)[O-]. The van der Waals surface area contributed by atoms with Gasteiger partial charge in [0.25, 0.3) is 5.91 Å². The zero-order chi connectivity index (χ0) is 19.1. The maximum Gasteiger partial charge on any atom is 0.311 e. The van der Waals surface area contributed by atoms with Crippen molar-refractivity contribution in [1.82, 2.24) is 10.6 Å². The van der Waals surface area contributed by atoms with E-state index >= 15 is 0 Å². The molecule has 2 aromatic carbocycles. The molecule has 0 bridgehead atoms. The van der Waals surface area contributed by atoms with Crippen LogP contribution in [-0.4, -0.2) is 30.4 Å². The summed E-state index contributed by atoms with van der Waals surface area (Å²) in [5.74, 6) is -0.892. The number of hydrogen-bond acceptors (Lipinski definition) is 5. The molecule has 26 heavy (non-hydrogen) atoms. The number of nitrogens with zero attached hydrogens (tertiary/aromatic N) is 1. The van der Waals surface area contributed by atoms with Crippen LogP contribution in [0.3, 0.4) is 0 Å². The van der Waals surface area contributed by atoms with E-state index in [9.17, 15) is 19.7 Å². The van der Waals surface area contributed by atoms with Gasteiger partial charge in [0, 0.05) is 11.6 Å². The zero-order valence-corrected chi connectivity index (χ0v) is 14.4.